The number of carbonyl (C=O) groups excluding carboxylic acids is 3. The minimum Gasteiger partial charge on any atom is -0.491 e. The molecule has 4 amide bonds. The van der Waals surface area contributed by atoms with Crippen molar-refractivity contribution in [1.82, 2.24) is 10.2 Å². The number of anilines is 1. The van der Waals surface area contributed by atoms with Gasteiger partial charge in [0.05, 0.1) is 12.3 Å². The van der Waals surface area contributed by atoms with Gasteiger partial charge in [0.2, 0.25) is 5.91 Å². The number of imide groups is 1. The highest BCUT2D eigenvalue weighted by Gasteiger charge is 2.40. The molecule has 1 aliphatic heterocycles. The number of amides is 4. The molecule has 7 nitrogen and oxygen atoms in total. The minimum atomic E-state index is -0.578. The van der Waals surface area contributed by atoms with Gasteiger partial charge in [0.15, 0.2) is 0 Å². The van der Waals surface area contributed by atoms with E-state index in [0.29, 0.717) is 18.0 Å². The molecule has 7 heteroatoms. The summed E-state index contributed by atoms with van der Waals surface area (Å²) in [5, 5.41) is 5.29. The van der Waals surface area contributed by atoms with Gasteiger partial charge in [0, 0.05) is 0 Å². The normalized spacial score (nSPS) is 17.2. The van der Waals surface area contributed by atoms with Crippen molar-refractivity contribution in [2.75, 3.05) is 18.5 Å². The topological polar surface area (TPSA) is 87.7 Å². The molecule has 0 saturated carbocycles. The summed E-state index contributed by atoms with van der Waals surface area (Å²) in [4.78, 5) is 37.2. The third kappa shape index (κ3) is 4.04. The Bertz CT molecular complexity index is 630. The number of benzene rings is 1. The van der Waals surface area contributed by atoms with Gasteiger partial charge in [-0.1, -0.05) is 32.9 Å². The van der Waals surface area contributed by atoms with Crippen molar-refractivity contribution in [2.24, 2.45) is 5.92 Å². The van der Waals surface area contributed by atoms with Gasteiger partial charge < -0.3 is 15.4 Å². The van der Waals surface area contributed by atoms with Crippen LogP contribution in [0, 0.1) is 5.92 Å². The summed E-state index contributed by atoms with van der Waals surface area (Å²) in [5.41, 5.74) is 0.517. The lowest BCUT2D eigenvalue weighted by Crippen LogP contribution is -2.39. The zero-order valence-electron chi connectivity index (χ0n) is 14.2. The van der Waals surface area contributed by atoms with Gasteiger partial charge in [-0.15, -0.1) is 0 Å². The average Bonchev–Trinajstić information content (AvgIpc) is 2.82. The average molecular weight is 333 g/mol. The Labute approximate surface area is 141 Å². The Morgan fingerprint density at radius 1 is 1.33 bits per heavy atom. The third-order valence-corrected chi connectivity index (χ3v) is 3.65. The number of rotatable bonds is 7. The minimum absolute atomic E-state index is 0.0299. The second-order valence-electron chi connectivity index (χ2n) is 5.99. The fraction of sp³-hybridized carbons (Fsp3) is 0.471. The fourth-order valence-electron chi connectivity index (χ4n) is 2.38. The number of carbonyl (C=O) groups is 3. The lowest BCUT2D eigenvalue weighted by atomic mass is 10.1. The number of ether oxygens (including phenoxy) is 1. The summed E-state index contributed by atoms with van der Waals surface area (Å²) in [5.74, 6) is -0.293. The standard InChI is InChI=1S/C17H23N3O4/c1-4-9-24-13-8-6-5-7-12(13)18-14(21)10-20-16(22)15(11(2)3)19-17(20)23/h5-8,11,15H,4,9-10H2,1-3H3,(H,18,21)(H,19,23). The van der Waals surface area contributed by atoms with E-state index in [4.69, 9.17) is 4.74 Å². The van der Waals surface area contributed by atoms with E-state index >= 15 is 0 Å². The molecule has 1 saturated heterocycles. The third-order valence-electron chi connectivity index (χ3n) is 3.65. The van der Waals surface area contributed by atoms with Crippen LogP contribution in [0.5, 0.6) is 5.75 Å². The van der Waals surface area contributed by atoms with E-state index in [0.717, 1.165) is 11.3 Å². The molecule has 2 N–H and O–H groups in total. The molecule has 1 aliphatic rings. The molecular formula is C17H23N3O4. The number of nitrogens with zero attached hydrogens (tertiary/aromatic N) is 1. The maximum Gasteiger partial charge on any atom is 0.325 e. The maximum absolute atomic E-state index is 12.2. The van der Waals surface area contributed by atoms with Crippen LogP contribution in [0.4, 0.5) is 10.5 Å². The molecule has 0 aliphatic carbocycles. The summed E-state index contributed by atoms with van der Waals surface area (Å²) in [6.07, 6.45) is 0.849. The number of hydrogen-bond donors (Lipinski definition) is 2. The maximum atomic E-state index is 12.2. The summed E-state index contributed by atoms with van der Waals surface area (Å²) >= 11 is 0. The van der Waals surface area contributed by atoms with Gasteiger partial charge >= 0.3 is 6.03 Å². The zero-order valence-corrected chi connectivity index (χ0v) is 14.2. The molecule has 0 bridgehead atoms. The van der Waals surface area contributed by atoms with Crippen LogP contribution in [0.3, 0.4) is 0 Å². The van der Waals surface area contributed by atoms with Crippen LogP contribution in [0.25, 0.3) is 0 Å². The molecule has 1 fully saturated rings. The Kier molecular flexibility index (Phi) is 5.78. The van der Waals surface area contributed by atoms with Crippen LogP contribution in [-0.4, -0.2) is 41.9 Å². The number of hydrogen-bond acceptors (Lipinski definition) is 4. The van der Waals surface area contributed by atoms with Crippen LogP contribution >= 0.6 is 0 Å². The summed E-state index contributed by atoms with van der Waals surface area (Å²) < 4.78 is 5.57. The number of nitrogens with one attached hydrogen (secondary N) is 2. The van der Waals surface area contributed by atoms with Gasteiger partial charge in [-0.2, -0.15) is 0 Å². The van der Waals surface area contributed by atoms with Gasteiger partial charge in [0.1, 0.15) is 18.3 Å². The van der Waals surface area contributed by atoms with E-state index < -0.39 is 18.0 Å². The molecule has 2 rings (SSSR count). The van der Waals surface area contributed by atoms with Crippen LogP contribution in [-0.2, 0) is 9.59 Å². The molecule has 1 unspecified atom stereocenters. The Balaban J connectivity index is 2.01. The van der Waals surface area contributed by atoms with Gasteiger partial charge in [-0.25, -0.2) is 4.79 Å². The van der Waals surface area contributed by atoms with E-state index in [1.165, 1.54) is 0 Å². The molecule has 0 spiro atoms. The van der Waals surface area contributed by atoms with E-state index in [2.05, 4.69) is 10.6 Å². The molecule has 1 heterocycles. The second kappa shape index (κ2) is 7.81. The molecule has 1 atom stereocenters. The van der Waals surface area contributed by atoms with Crippen LogP contribution in [0.2, 0.25) is 0 Å². The van der Waals surface area contributed by atoms with Crippen molar-refractivity contribution >= 4 is 23.5 Å². The van der Waals surface area contributed by atoms with E-state index in [-0.39, 0.29) is 18.4 Å². The highest BCUT2D eigenvalue weighted by Crippen LogP contribution is 2.24. The van der Waals surface area contributed by atoms with E-state index in [9.17, 15) is 14.4 Å². The Hall–Kier alpha value is -2.57. The van der Waals surface area contributed by atoms with Crippen molar-refractivity contribution in [3.8, 4) is 5.75 Å². The van der Waals surface area contributed by atoms with Gasteiger partial charge in [-0.3, -0.25) is 14.5 Å². The molecule has 24 heavy (non-hydrogen) atoms. The van der Waals surface area contributed by atoms with Crippen molar-refractivity contribution in [3.05, 3.63) is 24.3 Å². The Morgan fingerprint density at radius 3 is 2.67 bits per heavy atom. The highest BCUT2D eigenvalue weighted by atomic mass is 16.5. The molecule has 0 aromatic heterocycles. The Morgan fingerprint density at radius 2 is 2.04 bits per heavy atom. The van der Waals surface area contributed by atoms with Crippen molar-refractivity contribution in [1.29, 1.82) is 0 Å². The fourth-order valence-corrected chi connectivity index (χ4v) is 2.38. The first-order valence-corrected chi connectivity index (χ1v) is 8.07. The first-order chi connectivity index (χ1) is 11.4. The van der Waals surface area contributed by atoms with Crippen molar-refractivity contribution in [2.45, 2.75) is 33.2 Å². The summed E-state index contributed by atoms with van der Waals surface area (Å²) in [6, 6.07) is 5.94. The quantitative estimate of drug-likeness (QED) is 0.747. The molecule has 1 aromatic rings. The monoisotopic (exact) mass is 333 g/mol. The smallest absolute Gasteiger partial charge is 0.325 e. The summed E-state index contributed by atoms with van der Waals surface area (Å²) in [7, 11) is 0. The van der Waals surface area contributed by atoms with Gasteiger partial charge in [-0.05, 0) is 24.5 Å². The highest BCUT2D eigenvalue weighted by molar-refractivity contribution is 6.08. The molecule has 130 valence electrons. The van der Waals surface area contributed by atoms with Crippen LogP contribution < -0.4 is 15.4 Å². The zero-order chi connectivity index (χ0) is 17.7. The molecule has 1 aromatic carbocycles. The number of urea groups is 1. The van der Waals surface area contributed by atoms with E-state index in [1.807, 2.05) is 26.8 Å². The summed E-state index contributed by atoms with van der Waals surface area (Å²) in [6.45, 7) is 5.89. The molecule has 0 radical (unpaired) electrons. The van der Waals surface area contributed by atoms with Crippen LogP contribution in [0.15, 0.2) is 24.3 Å². The lowest BCUT2D eigenvalue weighted by Gasteiger charge is -2.15. The van der Waals surface area contributed by atoms with Crippen molar-refractivity contribution in [3.63, 3.8) is 0 Å². The lowest BCUT2D eigenvalue weighted by molar-refractivity contribution is -0.131. The first-order valence-electron chi connectivity index (χ1n) is 8.07. The predicted octanol–water partition coefficient (Wildman–Crippen LogP) is 1.99. The molecular weight excluding hydrogens is 310 g/mol. The SMILES string of the molecule is CCCOc1ccccc1NC(=O)CN1C(=O)NC(C(C)C)C1=O. The number of para-hydroxylation sites is 2. The van der Waals surface area contributed by atoms with Crippen molar-refractivity contribution < 1.29 is 19.1 Å². The largest absolute Gasteiger partial charge is 0.491 e. The van der Waals surface area contributed by atoms with Crippen LogP contribution in [0.1, 0.15) is 27.2 Å². The van der Waals surface area contributed by atoms with E-state index in [1.54, 1.807) is 18.2 Å². The van der Waals surface area contributed by atoms with Gasteiger partial charge in [0.25, 0.3) is 5.91 Å². The predicted molar refractivity (Wildman–Crippen MR) is 89.7 cm³/mol. The first kappa shape index (κ1) is 17.8. The second-order valence-corrected chi connectivity index (χ2v) is 5.99.